The molecule has 1 N–H and O–H groups in total. The minimum Gasteiger partial charge on any atom is -0.192 e. The zero-order chi connectivity index (χ0) is 15.6. The lowest BCUT2D eigenvalue weighted by Gasteiger charge is -2.00. The van der Waals surface area contributed by atoms with Crippen LogP contribution < -0.4 is 4.68 Å². The lowest BCUT2D eigenvalue weighted by molar-refractivity contribution is -0.748. The highest BCUT2D eigenvalue weighted by molar-refractivity contribution is 5.45. The first kappa shape index (κ1) is 14.7. The van der Waals surface area contributed by atoms with Gasteiger partial charge in [-0.3, -0.25) is 0 Å². The van der Waals surface area contributed by atoms with Gasteiger partial charge >= 0.3 is 6.18 Å². The molecule has 0 unspecified atom stereocenters. The molecule has 0 saturated carbocycles. The molecule has 0 saturated heterocycles. The van der Waals surface area contributed by atoms with E-state index in [0.29, 0.717) is 11.1 Å². The highest BCUT2D eigenvalue weighted by Gasteiger charge is 2.42. The van der Waals surface area contributed by atoms with Crippen molar-refractivity contribution in [3.05, 3.63) is 51.7 Å². The van der Waals surface area contributed by atoms with Crippen molar-refractivity contribution in [2.45, 2.75) is 19.6 Å². The van der Waals surface area contributed by atoms with Gasteiger partial charge in [0, 0.05) is 12.5 Å². The number of nitrogens with one attached hydrogen (secondary N) is 1. The summed E-state index contributed by atoms with van der Waals surface area (Å²) < 4.78 is 39.6. The molecule has 21 heavy (non-hydrogen) atoms. The fraction of sp³-hybridized carbons (Fsp3) is 0.231. The van der Waals surface area contributed by atoms with Crippen LogP contribution in [-0.4, -0.2) is 5.10 Å². The van der Waals surface area contributed by atoms with Gasteiger partial charge in [0.2, 0.25) is 17.1 Å². The predicted molar refractivity (Wildman–Crippen MR) is 66.4 cm³/mol. The molecule has 5 nitrogen and oxygen atoms in total. The molecule has 2 aromatic rings. The molecule has 0 aliphatic heterocycles. The number of benzene rings is 1. The number of alkyl halides is 3. The summed E-state index contributed by atoms with van der Waals surface area (Å²) in [4.78, 5) is 10.6. The van der Waals surface area contributed by atoms with Crippen molar-refractivity contribution in [2.24, 2.45) is 5.18 Å². The number of rotatable bonds is 3. The van der Waals surface area contributed by atoms with E-state index in [1.165, 1.54) is 6.92 Å². The average molecular weight is 295 g/mol. The first-order valence-corrected chi connectivity index (χ1v) is 5.89. The number of aromatic nitrogens is 2. The summed E-state index contributed by atoms with van der Waals surface area (Å²) in [5, 5.41) is 13.6. The monoisotopic (exact) mass is 295 g/mol. The fourth-order valence-electron chi connectivity index (χ4n) is 1.99. The Bertz CT molecular complexity index is 728. The molecule has 1 aromatic carbocycles. The molecule has 0 spiro atoms. The number of nitriles is 1. The summed E-state index contributed by atoms with van der Waals surface area (Å²) >= 11 is 0. The van der Waals surface area contributed by atoms with Gasteiger partial charge in [0.25, 0.3) is 0 Å². The molecule has 0 atom stereocenters. The van der Waals surface area contributed by atoms with Crippen molar-refractivity contribution in [1.82, 2.24) is 5.10 Å². The highest BCUT2D eigenvalue weighted by Crippen LogP contribution is 2.35. The molecule has 8 heteroatoms. The molecule has 0 aliphatic rings. The summed E-state index contributed by atoms with van der Waals surface area (Å²) in [5.74, 6) is 0. The largest absolute Gasteiger partial charge is 0.439 e. The van der Waals surface area contributed by atoms with Crippen LogP contribution in [0.15, 0.2) is 29.4 Å². The van der Waals surface area contributed by atoms with Crippen LogP contribution in [0.1, 0.15) is 22.5 Å². The van der Waals surface area contributed by atoms with Gasteiger partial charge < -0.3 is 0 Å². The van der Waals surface area contributed by atoms with E-state index in [2.05, 4.69) is 10.3 Å². The number of hydrogen-bond acceptors (Lipinski definition) is 3. The zero-order valence-electron chi connectivity index (χ0n) is 10.9. The summed E-state index contributed by atoms with van der Waals surface area (Å²) in [6, 6.07) is 8.51. The Kier molecular flexibility index (Phi) is 3.76. The lowest BCUT2D eigenvalue weighted by Crippen LogP contribution is -2.39. The number of nitrogens with zero attached hydrogens (tertiary/aromatic N) is 3. The van der Waals surface area contributed by atoms with Gasteiger partial charge in [-0.15, -0.1) is 9.59 Å². The van der Waals surface area contributed by atoms with Gasteiger partial charge in [0.1, 0.15) is 0 Å². The third kappa shape index (κ3) is 2.76. The Morgan fingerprint density at radius 3 is 2.57 bits per heavy atom. The average Bonchev–Trinajstić information content (AvgIpc) is 2.76. The first-order valence-electron chi connectivity index (χ1n) is 5.89. The number of nitroso groups, excluding NO2 is 1. The van der Waals surface area contributed by atoms with Crippen molar-refractivity contribution in [2.75, 3.05) is 0 Å². The highest BCUT2D eigenvalue weighted by atomic mass is 19.4. The first-order chi connectivity index (χ1) is 9.88. The van der Waals surface area contributed by atoms with Crippen LogP contribution in [0, 0.1) is 23.2 Å². The summed E-state index contributed by atoms with van der Waals surface area (Å²) in [7, 11) is 0. The van der Waals surface area contributed by atoms with E-state index in [0.717, 1.165) is 4.68 Å². The van der Waals surface area contributed by atoms with E-state index in [1.807, 2.05) is 6.07 Å². The van der Waals surface area contributed by atoms with E-state index in [1.54, 1.807) is 24.3 Å². The molecule has 0 radical (unpaired) electrons. The van der Waals surface area contributed by atoms with Crippen LogP contribution in [0.25, 0.3) is 0 Å². The second-order valence-corrected chi connectivity index (χ2v) is 4.36. The van der Waals surface area contributed by atoms with Crippen LogP contribution >= 0.6 is 0 Å². The Morgan fingerprint density at radius 2 is 2.05 bits per heavy atom. The van der Waals surface area contributed by atoms with Gasteiger partial charge in [-0.05, 0) is 11.2 Å². The number of hydrogen-bond donors (Lipinski definition) is 1. The Balaban J connectivity index is 2.49. The van der Waals surface area contributed by atoms with Gasteiger partial charge in [-0.2, -0.15) is 23.5 Å². The van der Waals surface area contributed by atoms with E-state index >= 15 is 0 Å². The molecule has 0 fully saturated rings. The van der Waals surface area contributed by atoms with Gasteiger partial charge in [0.15, 0.2) is 6.54 Å². The van der Waals surface area contributed by atoms with Gasteiger partial charge in [0.05, 0.1) is 11.6 Å². The van der Waals surface area contributed by atoms with E-state index in [9.17, 15) is 18.1 Å². The molecule has 1 aromatic heterocycles. The van der Waals surface area contributed by atoms with Crippen molar-refractivity contribution >= 4 is 5.69 Å². The SMILES string of the molecule is Cc1c(N=O)c(C(F)(F)F)[nH][n+]1Cc1ccccc1C#N. The van der Waals surface area contributed by atoms with E-state index < -0.39 is 17.6 Å². The zero-order valence-corrected chi connectivity index (χ0v) is 10.9. The molecular formula is C13H10F3N4O+. The summed E-state index contributed by atoms with van der Waals surface area (Å²) in [6.45, 7) is 1.37. The van der Waals surface area contributed by atoms with Crippen molar-refractivity contribution in [3.8, 4) is 6.07 Å². The Hall–Kier alpha value is -2.69. The minimum atomic E-state index is -4.70. The number of aromatic amines is 1. The van der Waals surface area contributed by atoms with Gasteiger partial charge in [-0.25, -0.2) is 0 Å². The van der Waals surface area contributed by atoms with Crippen LogP contribution in [-0.2, 0) is 12.7 Å². The fourth-order valence-corrected chi connectivity index (χ4v) is 1.99. The molecular weight excluding hydrogens is 285 g/mol. The summed E-state index contributed by atoms with van der Waals surface area (Å²) in [5.41, 5.74) is -0.903. The predicted octanol–water partition coefficient (Wildman–Crippen LogP) is 2.95. The quantitative estimate of drug-likeness (QED) is 0.698. The molecule has 0 amide bonds. The minimum absolute atomic E-state index is 0.00810. The smallest absolute Gasteiger partial charge is 0.192 e. The molecule has 108 valence electrons. The Labute approximate surface area is 117 Å². The number of H-pyrrole nitrogens is 1. The van der Waals surface area contributed by atoms with Crippen molar-refractivity contribution < 1.29 is 17.9 Å². The summed E-state index contributed by atoms with van der Waals surface area (Å²) in [6.07, 6.45) is -4.70. The lowest BCUT2D eigenvalue weighted by atomic mass is 10.1. The standard InChI is InChI=1S/C13H9F3N4O/c1-8-11(19-21)12(13(14,15)16)18-20(8)7-10-5-3-2-4-9(10)6-17/h2-5H,7H2,1H3/p+1. The molecule has 0 aliphatic carbocycles. The molecule has 0 bridgehead atoms. The van der Waals surface area contributed by atoms with Crippen molar-refractivity contribution in [3.63, 3.8) is 0 Å². The van der Waals surface area contributed by atoms with Crippen LogP contribution in [0.5, 0.6) is 0 Å². The van der Waals surface area contributed by atoms with Crippen molar-refractivity contribution in [1.29, 1.82) is 5.26 Å². The van der Waals surface area contributed by atoms with Gasteiger partial charge in [-0.1, -0.05) is 18.2 Å². The second-order valence-electron chi connectivity index (χ2n) is 4.36. The Morgan fingerprint density at radius 1 is 1.38 bits per heavy atom. The number of halogens is 3. The normalized spacial score (nSPS) is 11.2. The van der Waals surface area contributed by atoms with E-state index in [4.69, 9.17) is 5.26 Å². The maximum Gasteiger partial charge on any atom is 0.439 e. The van der Waals surface area contributed by atoms with E-state index in [-0.39, 0.29) is 12.2 Å². The van der Waals surface area contributed by atoms with Crippen LogP contribution in [0.4, 0.5) is 18.9 Å². The van der Waals surface area contributed by atoms with Crippen LogP contribution in [0.2, 0.25) is 0 Å². The molecule has 2 rings (SSSR count). The third-order valence-electron chi connectivity index (χ3n) is 3.07. The second kappa shape index (κ2) is 5.36. The maximum absolute atomic E-state index is 12.8. The third-order valence-corrected chi connectivity index (χ3v) is 3.07. The maximum atomic E-state index is 12.8. The molecule has 1 heterocycles. The van der Waals surface area contributed by atoms with Crippen LogP contribution in [0.3, 0.4) is 0 Å². The topological polar surface area (TPSA) is 72.9 Å².